The average molecular weight is 720 g/mol. The van der Waals surface area contributed by atoms with Gasteiger partial charge in [0.25, 0.3) is 0 Å². The molecule has 0 amide bonds. The van der Waals surface area contributed by atoms with Crippen molar-refractivity contribution in [3.63, 3.8) is 0 Å². The molecule has 5 heteroatoms. The lowest BCUT2D eigenvalue weighted by Crippen LogP contribution is -1.94. The number of thiophene rings is 4. The predicted octanol–water partition coefficient (Wildman–Crippen LogP) is 15.3. The van der Waals surface area contributed by atoms with E-state index in [-0.39, 0.29) is 0 Å². The summed E-state index contributed by atoms with van der Waals surface area (Å²) in [5.74, 6) is 0. The molecular weight excluding hydrogens is 695 g/mol. The minimum absolute atomic E-state index is 1.20. The summed E-state index contributed by atoms with van der Waals surface area (Å²) in [5.41, 5.74) is 6.14. The Morgan fingerprint density at radius 1 is 0.294 bits per heavy atom. The van der Waals surface area contributed by atoms with Crippen LogP contribution in [0.4, 0.5) is 0 Å². The van der Waals surface area contributed by atoms with Gasteiger partial charge in [-0.25, -0.2) is 0 Å². The third-order valence-electron chi connectivity index (χ3n) is 10.4. The molecule has 12 rings (SSSR count). The first-order chi connectivity index (χ1) is 25.2. The monoisotopic (exact) mass is 719 g/mol. The minimum Gasteiger partial charge on any atom is -0.292 e. The van der Waals surface area contributed by atoms with Crippen LogP contribution in [0.5, 0.6) is 0 Å². The highest BCUT2D eigenvalue weighted by atomic mass is 32.1. The Morgan fingerprint density at radius 2 is 0.686 bits per heavy atom. The van der Waals surface area contributed by atoms with E-state index in [4.69, 9.17) is 0 Å². The van der Waals surface area contributed by atoms with E-state index in [1.54, 1.807) is 0 Å². The number of benzene rings is 7. The van der Waals surface area contributed by atoms with Crippen LogP contribution in [0.15, 0.2) is 152 Å². The van der Waals surface area contributed by atoms with Gasteiger partial charge in [-0.3, -0.25) is 4.57 Å². The Morgan fingerprint density at radius 3 is 1.16 bits per heavy atom. The molecule has 0 aliphatic rings. The fourth-order valence-electron chi connectivity index (χ4n) is 8.07. The zero-order valence-electron chi connectivity index (χ0n) is 27.0. The van der Waals surface area contributed by atoms with Gasteiger partial charge in [-0.15, -0.1) is 45.3 Å². The van der Waals surface area contributed by atoms with Gasteiger partial charge in [-0.1, -0.05) is 84.9 Å². The Kier molecular flexibility index (Phi) is 5.91. The van der Waals surface area contributed by atoms with Crippen LogP contribution in [0.25, 0.3) is 109 Å². The molecule has 0 saturated carbocycles. The van der Waals surface area contributed by atoms with Gasteiger partial charge in [0, 0.05) is 77.0 Å². The second-order valence-corrected chi connectivity index (χ2v) is 17.5. The first-order valence-electron chi connectivity index (χ1n) is 17.1. The van der Waals surface area contributed by atoms with E-state index < -0.39 is 0 Å². The molecule has 0 bridgehead atoms. The van der Waals surface area contributed by atoms with Crippen LogP contribution < -0.4 is 0 Å². The molecule has 12 aromatic rings. The molecule has 5 aromatic heterocycles. The molecule has 0 fully saturated rings. The van der Waals surface area contributed by atoms with E-state index in [1.165, 1.54) is 109 Å². The van der Waals surface area contributed by atoms with Crippen molar-refractivity contribution in [3.8, 4) is 27.9 Å². The SMILES string of the molecule is c1ccc2c(c1)sc1ccc(-c3cc(-c4ccc5sc6ccccc6c5c4)cc(-n4c5sc6ccccc6c5c5c6ccccc6sc54)c3)cc12. The minimum atomic E-state index is 1.20. The average Bonchev–Trinajstić information content (AvgIpc) is 3.98. The fraction of sp³-hybridized carbons (Fsp3) is 0. The molecule has 0 saturated heterocycles. The van der Waals surface area contributed by atoms with Gasteiger partial charge in [0.1, 0.15) is 9.66 Å². The maximum Gasteiger partial charge on any atom is 0.110 e. The molecule has 0 radical (unpaired) electrons. The third kappa shape index (κ3) is 4.12. The topological polar surface area (TPSA) is 4.93 Å². The Balaban J connectivity index is 1.18. The fourth-order valence-corrected chi connectivity index (χ4v) is 12.8. The van der Waals surface area contributed by atoms with E-state index >= 15 is 0 Å². The molecule has 7 aromatic carbocycles. The molecule has 1 nitrogen and oxygen atoms in total. The molecule has 0 spiro atoms. The lowest BCUT2D eigenvalue weighted by molar-refractivity contribution is 1.21. The first-order valence-corrected chi connectivity index (χ1v) is 20.3. The summed E-state index contributed by atoms with van der Waals surface area (Å²) < 4.78 is 10.5. The highest BCUT2D eigenvalue weighted by Gasteiger charge is 2.23. The first kappa shape index (κ1) is 28.4. The van der Waals surface area contributed by atoms with Crippen LogP contribution in [0.1, 0.15) is 0 Å². The van der Waals surface area contributed by atoms with Crippen LogP contribution in [0, 0.1) is 0 Å². The van der Waals surface area contributed by atoms with E-state index in [1.807, 2.05) is 45.3 Å². The number of hydrogen-bond acceptors (Lipinski definition) is 4. The molecule has 0 atom stereocenters. The summed E-state index contributed by atoms with van der Waals surface area (Å²) in [6.45, 7) is 0. The van der Waals surface area contributed by atoms with Crippen LogP contribution in [0.2, 0.25) is 0 Å². The van der Waals surface area contributed by atoms with Crippen LogP contribution >= 0.6 is 45.3 Å². The van der Waals surface area contributed by atoms with Crippen molar-refractivity contribution in [1.29, 1.82) is 0 Å². The highest BCUT2D eigenvalue weighted by Crippen LogP contribution is 2.49. The van der Waals surface area contributed by atoms with E-state index in [0.29, 0.717) is 0 Å². The number of hydrogen-bond donors (Lipinski definition) is 0. The highest BCUT2D eigenvalue weighted by molar-refractivity contribution is 7.28. The Labute approximate surface area is 308 Å². The van der Waals surface area contributed by atoms with Crippen molar-refractivity contribution in [3.05, 3.63) is 152 Å². The van der Waals surface area contributed by atoms with Gasteiger partial charge in [-0.2, -0.15) is 0 Å². The summed E-state index contributed by atoms with van der Waals surface area (Å²) in [7, 11) is 0. The summed E-state index contributed by atoms with van der Waals surface area (Å²) in [6, 6.07) is 56.7. The summed E-state index contributed by atoms with van der Waals surface area (Å²) >= 11 is 7.57. The Hall–Kier alpha value is -5.30. The summed E-state index contributed by atoms with van der Waals surface area (Å²) in [4.78, 5) is 2.62. The number of fused-ring (bicyclic) bond motifs is 13. The molecule has 0 N–H and O–H groups in total. The van der Waals surface area contributed by atoms with Crippen molar-refractivity contribution in [2.45, 2.75) is 0 Å². The van der Waals surface area contributed by atoms with Crippen LogP contribution in [0.3, 0.4) is 0 Å². The van der Waals surface area contributed by atoms with Crippen molar-refractivity contribution >= 4 is 126 Å². The van der Waals surface area contributed by atoms with E-state index in [2.05, 4.69) is 156 Å². The van der Waals surface area contributed by atoms with Gasteiger partial charge >= 0.3 is 0 Å². The quantitative estimate of drug-likeness (QED) is 0.171. The molecule has 0 aliphatic carbocycles. The van der Waals surface area contributed by atoms with Gasteiger partial charge in [0.2, 0.25) is 0 Å². The molecule has 238 valence electrons. The van der Waals surface area contributed by atoms with Crippen LogP contribution in [-0.4, -0.2) is 4.57 Å². The summed E-state index contributed by atoms with van der Waals surface area (Å²) in [5, 5.41) is 10.7. The molecule has 5 heterocycles. The van der Waals surface area contributed by atoms with Crippen molar-refractivity contribution in [1.82, 2.24) is 4.57 Å². The second-order valence-electron chi connectivity index (χ2n) is 13.3. The molecular formula is C46H25NS4. The normalized spacial score (nSPS) is 12.3. The van der Waals surface area contributed by atoms with E-state index in [9.17, 15) is 0 Å². The van der Waals surface area contributed by atoms with Crippen molar-refractivity contribution < 1.29 is 0 Å². The largest absolute Gasteiger partial charge is 0.292 e. The number of nitrogens with zero attached hydrogens (tertiary/aromatic N) is 1. The zero-order chi connectivity index (χ0) is 33.2. The van der Waals surface area contributed by atoms with Crippen LogP contribution in [-0.2, 0) is 0 Å². The maximum atomic E-state index is 2.56. The van der Waals surface area contributed by atoms with Crippen molar-refractivity contribution in [2.75, 3.05) is 0 Å². The molecule has 51 heavy (non-hydrogen) atoms. The van der Waals surface area contributed by atoms with E-state index in [0.717, 1.165) is 0 Å². The molecule has 0 aliphatic heterocycles. The number of aromatic nitrogens is 1. The molecule has 0 unspecified atom stereocenters. The van der Waals surface area contributed by atoms with Gasteiger partial charge < -0.3 is 0 Å². The van der Waals surface area contributed by atoms with Gasteiger partial charge in [0.05, 0.1) is 0 Å². The van der Waals surface area contributed by atoms with Gasteiger partial charge in [-0.05, 0) is 89.0 Å². The zero-order valence-corrected chi connectivity index (χ0v) is 30.3. The standard InChI is InChI=1S/C46H25NS4/c1-5-13-37-31(9-1)35-24-26(17-19-41(35)48-37)28-21-29(27-18-20-42-36(25-27)32-10-2-6-14-38(32)49-42)23-30(22-28)47-45-43(33-11-3-7-15-39(33)50-45)44-34-12-4-8-16-40(34)51-46(44)47/h1-25H. The summed E-state index contributed by atoms with van der Waals surface area (Å²) in [6.07, 6.45) is 0. The maximum absolute atomic E-state index is 2.56. The third-order valence-corrected chi connectivity index (χ3v) is 15.0. The lowest BCUT2D eigenvalue weighted by Gasteiger charge is -2.13. The number of rotatable bonds is 3. The second kappa shape index (κ2) is 10.6. The lowest BCUT2D eigenvalue weighted by atomic mass is 9.96. The Bertz CT molecular complexity index is 3160. The smallest absolute Gasteiger partial charge is 0.110 e. The predicted molar refractivity (Wildman–Crippen MR) is 228 cm³/mol. The van der Waals surface area contributed by atoms with Crippen molar-refractivity contribution in [2.24, 2.45) is 0 Å². The van der Waals surface area contributed by atoms with Gasteiger partial charge in [0.15, 0.2) is 0 Å².